The zero-order valence-corrected chi connectivity index (χ0v) is 16.0. The Morgan fingerprint density at radius 3 is 2.40 bits per heavy atom. The summed E-state index contributed by atoms with van der Waals surface area (Å²) in [6.07, 6.45) is 0. The second-order valence-electron chi connectivity index (χ2n) is 5.50. The van der Waals surface area contributed by atoms with Crippen LogP contribution in [-0.2, 0) is 14.8 Å². The molecule has 6 nitrogen and oxygen atoms in total. The highest BCUT2D eigenvalue weighted by Gasteiger charge is 2.18. The van der Waals surface area contributed by atoms with Gasteiger partial charge in [-0.2, -0.15) is 0 Å². The Labute approximate surface area is 154 Å². The van der Waals surface area contributed by atoms with E-state index in [0.717, 1.165) is 17.2 Å². The summed E-state index contributed by atoms with van der Waals surface area (Å²) in [5, 5.41) is 5.06. The molecule has 25 heavy (non-hydrogen) atoms. The van der Waals surface area contributed by atoms with Crippen LogP contribution < -0.4 is 5.14 Å². The molecule has 0 unspecified atom stereocenters. The first-order chi connectivity index (χ1) is 11.6. The van der Waals surface area contributed by atoms with E-state index in [1.165, 1.54) is 12.1 Å². The van der Waals surface area contributed by atoms with Crippen LogP contribution in [0.2, 0.25) is 0 Å². The molecule has 2 rings (SSSR count). The van der Waals surface area contributed by atoms with Gasteiger partial charge in [-0.15, -0.1) is 0 Å². The number of ether oxygens (including phenoxy) is 1. The van der Waals surface area contributed by atoms with E-state index in [4.69, 9.17) is 9.88 Å². The number of hydrogen-bond donors (Lipinski definition) is 1. The first kappa shape index (κ1) is 19.3. The van der Waals surface area contributed by atoms with Crippen molar-refractivity contribution < 1.29 is 22.7 Å². The van der Waals surface area contributed by atoms with E-state index in [2.05, 4.69) is 15.9 Å². The fraction of sp³-hybridized carbons (Fsp3) is 0.176. The molecule has 2 aromatic carbocycles. The van der Waals surface area contributed by atoms with Gasteiger partial charge in [0.1, 0.15) is 0 Å². The van der Waals surface area contributed by atoms with Crippen molar-refractivity contribution in [1.29, 1.82) is 0 Å². The average Bonchev–Trinajstić information content (AvgIpc) is 2.53. The molecule has 0 aliphatic heterocycles. The fourth-order valence-electron chi connectivity index (χ4n) is 2.16. The summed E-state index contributed by atoms with van der Waals surface area (Å²) in [5.74, 6) is -1.16. The molecular formula is C17H16BrNO5S. The summed E-state index contributed by atoms with van der Waals surface area (Å²) < 4.78 is 28.2. The molecule has 0 aliphatic rings. The number of benzene rings is 2. The predicted molar refractivity (Wildman–Crippen MR) is 96.0 cm³/mol. The Kier molecular flexibility index (Phi) is 5.76. The van der Waals surface area contributed by atoms with E-state index in [1.54, 1.807) is 13.0 Å². The quantitative estimate of drug-likeness (QED) is 0.585. The van der Waals surface area contributed by atoms with Crippen LogP contribution in [0.5, 0.6) is 0 Å². The molecular weight excluding hydrogens is 410 g/mol. The lowest BCUT2D eigenvalue weighted by Gasteiger charge is -2.09. The summed E-state index contributed by atoms with van der Waals surface area (Å²) in [5.41, 5.74) is 2.15. The standard InChI is InChI=1S/C17H16BrNO5S/c1-10-3-4-11(2)13(7-10)16(20)9-24-17(21)14-8-12(25(19,22)23)5-6-15(14)18/h3-8H,9H2,1-2H3,(H2,19,22,23). The van der Waals surface area contributed by atoms with Crippen molar-refractivity contribution in [1.82, 2.24) is 0 Å². The highest BCUT2D eigenvalue weighted by molar-refractivity contribution is 9.10. The monoisotopic (exact) mass is 425 g/mol. The first-order valence-corrected chi connectivity index (χ1v) is 9.53. The zero-order chi connectivity index (χ0) is 18.8. The molecule has 2 aromatic rings. The third-order valence-electron chi connectivity index (χ3n) is 3.51. The largest absolute Gasteiger partial charge is 0.454 e. The van der Waals surface area contributed by atoms with Gasteiger partial charge in [0, 0.05) is 10.0 Å². The smallest absolute Gasteiger partial charge is 0.339 e. The first-order valence-electron chi connectivity index (χ1n) is 7.19. The summed E-state index contributed by atoms with van der Waals surface area (Å²) in [7, 11) is -3.96. The number of hydrogen-bond acceptors (Lipinski definition) is 5. The normalized spacial score (nSPS) is 11.2. The molecule has 0 saturated carbocycles. The second kappa shape index (κ2) is 7.47. The number of esters is 1. The molecule has 0 spiro atoms. The van der Waals surface area contributed by atoms with Crippen molar-refractivity contribution in [3.63, 3.8) is 0 Å². The summed E-state index contributed by atoms with van der Waals surface area (Å²) in [4.78, 5) is 24.2. The minimum Gasteiger partial charge on any atom is -0.454 e. The molecule has 0 atom stereocenters. The van der Waals surface area contributed by atoms with Gasteiger partial charge in [-0.3, -0.25) is 4.79 Å². The fourth-order valence-corrected chi connectivity index (χ4v) is 3.11. The highest BCUT2D eigenvalue weighted by atomic mass is 79.9. The minimum atomic E-state index is -3.96. The van der Waals surface area contributed by atoms with E-state index in [-0.39, 0.29) is 16.2 Å². The van der Waals surface area contributed by atoms with Crippen LogP contribution >= 0.6 is 15.9 Å². The minimum absolute atomic E-state index is 0.0275. The Balaban J connectivity index is 2.18. The maximum atomic E-state index is 12.3. The van der Waals surface area contributed by atoms with E-state index < -0.39 is 22.6 Å². The predicted octanol–water partition coefficient (Wildman–Crippen LogP) is 2.75. The van der Waals surface area contributed by atoms with E-state index in [1.807, 2.05) is 19.1 Å². The van der Waals surface area contributed by atoms with E-state index in [0.29, 0.717) is 10.0 Å². The molecule has 8 heteroatoms. The van der Waals surface area contributed by atoms with Gasteiger partial charge < -0.3 is 4.74 Å². The summed E-state index contributed by atoms with van der Waals surface area (Å²) in [6.45, 7) is 3.20. The van der Waals surface area contributed by atoms with Crippen molar-refractivity contribution in [3.8, 4) is 0 Å². The number of aryl methyl sites for hydroxylation is 2. The van der Waals surface area contributed by atoms with Crippen molar-refractivity contribution in [2.24, 2.45) is 5.14 Å². The number of ketones is 1. The maximum Gasteiger partial charge on any atom is 0.339 e. The lowest BCUT2D eigenvalue weighted by molar-refractivity contribution is 0.0473. The van der Waals surface area contributed by atoms with Gasteiger partial charge in [-0.25, -0.2) is 18.4 Å². The molecule has 0 heterocycles. The molecule has 0 radical (unpaired) electrons. The topological polar surface area (TPSA) is 104 Å². The van der Waals surface area contributed by atoms with Gasteiger partial charge in [-0.1, -0.05) is 17.7 Å². The Morgan fingerprint density at radius 2 is 1.76 bits per heavy atom. The number of carbonyl (C=O) groups excluding carboxylic acids is 2. The molecule has 0 bridgehead atoms. The SMILES string of the molecule is Cc1ccc(C)c(C(=O)COC(=O)c2cc(S(N)(=O)=O)ccc2Br)c1. The van der Waals surface area contributed by atoms with Crippen LogP contribution in [0.4, 0.5) is 0 Å². The number of halogens is 1. The molecule has 0 saturated heterocycles. The molecule has 2 N–H and O–H groups in total. The lowest BCUT2D eigenvalue weighted by atomic mass is 10.0. The van der Waals surface area contributed by atoms with Gasteiger partial charge >= 0.3 is 5.97 Å². The Bertz CT molecular complexity index is 954. The number of nitrogens with two attached hydrogens (primary N) is 1. The zero-order valence-electron chi connectivity index (χ0n) is 13.6. The van der Waals surface area contributed by atoms with E-state index >= 15 is 0 Å². The number of sulfonamides is 1. The van der Waals surface area contributed by atoms with Gasteiger partial charge in [-0.05, 0) is 59.6 Å². The van der Waals surface area contributed by atoms with Gasteiger partial charge in [0.05, 0.1) is 10.5 Å². The molecule has 0 aromatic heterocycles. The van der Waals surface area contributed by atoms with Crippen molar-refractivity contribution in [3.05, 3.63) is 63.1 Å². The summed E-state index contributed by atoms with van der Waals surface area (Å²) in [6, 6.07) is 9.16. The number of rotatable bonds is 5. The average molecular weight is 426 g/mol. The number of Topliss-reactive ketones (excluding diaryl/α,β-unsaturated/α-hetero) is 1. The third-order valence-corrected chi connectivity index (χ3v) is 5.12. The van der Waals surface area contributed by atoms with Crippen molar-refractivity contribution in [2.75, 3.05) is 6.61 Å². The van der Waals surface area contributed by atoms with Crippen LogP contribution in [0, 0.1) is 13.8 Å². The molecule has 0 aliphatic carbocycles. The second-order valence-corrected chi connectivity index (χ2v) is 7.92. The molecule has 0 amide bonds. The van der Waals surface area contributed by atoms with Gasteiger partial charge in [0.2, 0.25) is 15.8 Å². The van der Waals surface area contributed by atoms with Crippen LogP contribution in [0.3, 0.4) is 0 Å². The Morgan fingerprint density at radius 1 is 1.08 bits per heavy atom. The van der Waals surface area contributed by atoms with Crippen LogP contribution in [0.25, 0.3) is 0 Å². The lowest BCUT2D eigenvalue weighted by Crippen LogP contribution is -2.17. The van der Waals surface area contributed by atoms with Gasteiger partial charge in [0.15, 0.2) is 6.61 Å². The number of carbonyl (C=O) groups is 2. The summed E-state index contributed by atoms with van der Waals surface area (Å²) >= 11 is 3.15. The van der Waals surface area contributed by atoms with Gasteiger partial charge in [0.25, 0.3) is 0 Å². The number of primary sulfonamides is 1. The van der Waals surface area contributed by atoms with Crippen molar-refractivity contribution >= 4 is 37.7 Å². The maximum absolute atomic E-state index is 12.3. The third kappa shape index (κ3) is 4.75. The van der Waals surface area contributed by atoms with E-state index in [9.17, 15) is 18.0 Å². The molecule has 132 valence electrons. The van der Waals surface area contributed by atoms with Crippen LogP contribution in [0.15, 0.2) is 45.8 Å². The Hall–Kier alpha value is -2.03. The highest BCUT2D eigenvalue weighted by Crippen LogP contribution is 2.21. The van der Waals surface area contributed by atoms with Crippen LogP contribution in [-0.4, -0.2) is 26.8 Å². The molecule has 0 fully saturated rings. The van der Waals surface area contributed by atoms with Crippen molar-refractivity contribution in [2.45, 2.75) is 18.7 Å². The van der Waals surface area contributed by atoms with Crippen LogP contribution in [0.1, 0.15) is 31.8 Å².